The van der Waals surface area contributed by atoms with Crippen LogP contribution in [0.15, 0.2) is 65.4 Å². The van der Waals surface area contributed by atoms with Crippen molar-refractivity contribution in [3.05, 3.63) is 72.1 Å². The number of aryl methyl sites for hydroxylation is 2. The van der Waals surface area contributed by atoms with Crippen molar-refractivity contribution >= 4 is 5.69 Å². The van der Waals surface area contributed by atoms with Crippen molar-refractivity contribution in [2.45, 2.75) is 46.1 Å². The molecule has 4 rings (SSSR count). The molecule has 0 amide bonds. The first-order valence-electron chi connectivity index (χ1n) is 11.5. The molecular formula is C27H31N5O. The lowest BCUT2D eigenvalue weighted by molar-refractivity contribution is 0.432. The number of nitrogens with one attached hydrogen (secondary N) is 1. The summed E-state index contributed by atoms with van der Waals surface area (Å²) in [5, 5.41) is 7.81. The quantitative estimate of drug-likeness (QED) is 0.330. The monoisotopic (exact) mass is 441 g/mol. The van der Waals surface area contributed by atoms with Gasteiger partial charge in [0.25, 0.3) is 5.89 Å². The Labute approximate surface area is 195 Å². The molecular weight excluding hydrogens is 410 g/mol. The molecule has 33 heavy (non-hydrogen) atoms. The fraction of sp³-hybridized carbons (Fsp3) is 0.296. The van der Waals surface area contributed by atoms with Crippen LogP contribution in [0.3, 0.4) is 0 Å². The van der Waals surface area contributed by atoms with E-state index in [1.165, 1.54) is 11.1 Å². The predicted octanol–water partition coefficient (Wildman–Crippen LogP) is 6.01. The molecule has 6 nitrogen and oxygen atoms in total. The Bertz CT molecular complexity index is 1180. The van der Waals surface area contributed by atoms with E-state index in [1.807, 2.05) is 36.5 Å². The summed E-state index contributed by atoms with van der Waals surface area (Å²) in [6.45, 7) is 7.12. The number of anilines is 1. The van der Waals surface area contributed by atoms with Crippen LogP contribution in [0.2, 0.25) is 0 Å². The maximum Gasteiger partial charge on any atom is 0.261 e. The lowest BCUT2D eigenvalue weighted by atomic mass is 9.98. The van der Waals surface area contributed by atoms with Crippen molar-refractivity contribution in [2.75, 3.05) is 11.9 Å². The number of hydrogen-bond donors (Lipinski definition) is 2. The molecule has 3 N–H and O–H groups in total. The average Bonchev–Trinajstić information content (AvgIpc) is 3.29. The van der Waals surface area contributed by atoms with Gasteiger partial charge in [0, 0.05) is 36.1 Å². The minimum atomic E-state index is 0.172. The van der Waals surface area contributed by atoms with E-state index in [9.17, 15) is 0 Å². The van der Waals surface area contributed by atoms with Gasteiger partial charge < -0.3 is 15.6 Å². The van der Waals surface area contributed by atoms with Gasteiger partial charge in [-0.3, -0.25) is 4.98 Å². The number of hydrogen-bond acceptors (Lipinski definition) is 6. The van der Waals surface area contributed by atoms with E-state index < -0.39 is 0 Å². The summed E-state index contributed by atoms with van der Waals surface area (Å²) in [4.78, 5) is 9.19. The van der Waals surface area contributed by atoms with E-state index in [-0.39, 0.29) is 6.04 Å². The smallest absolute Gasteiger partial charge is 0.261 e. The fourth-order valence-corrected chi connectivity index (χ4v) is 4.10. The number of nitrogens with two attached hydrogens (primary N) is 1. The minimum Gasteiger partial charge on any atom is -0.384 e. The maximum absolute atomic E-state index is 6.26. The van der Waals surface area contributed by atoms with E-state index >= 15 is 0 Å². The Morgan fingerprint density at radius 3 is 2.39 bits per heavy atom. The van der Waals surface area contributed by atoms with Gasteiger partial charge in [-0.05, 0) is 32.3 Å². The highest BCUT2D eigenvalue weighted by Gasteiger charge is 2.19. The SMILES string of the molecule is CCCC(N)CCNc1c(-c2cc(C)cc(C)c2)cncc1-c1nc(-c2ccccc2)no1. The van der Waals surface area contributed by atoms with E-state index in [2.05, 4.69) is 59.4 Å². The van der Waals surface area contributed by atoms with Crippen LogP contribution in [0.5, 0.6) is 0 Å². The van der Waals surface area contributed by atoms with Crippen molar-refractivity contribution < 1.29 is 4.52 Å². The Morgan fingerprint density at radius 2 is 1.67 bits per heavy atom. The van der Waals surface area contributed by atoms with E-state index in [4.69, 9.17) is 10.3 Å². The maximum atomic E-state index is 6.26. The molecule has 2 aromatic carbocycles. The third-order valence-electron chi connectivity index (χ3n) is 5.64. The summed E-state index contributed by atoms with van der Waals surface area (Å²) in [5.74, 6) is 0.992. The molecule has 0 radical (unpaired) electrons. The molecule has 1 atom stereocenters. The molecule has 0 bridgehead atoms. The van der Waals surface area contributed by atoms with Crippen LogP contribution in [0.25, 0.3) is 34.0 Å². The standard InChI is InChI=1S/C27H31N5O/c1-4-8-22(28)11-12-30-25-23(21-14-18(2)13-19(3)15-21)16-29-17-24(25)27-31-26(32-33-27)20-9-6-5-7-10-20/h5-7,9-10,13-17,22H,4,8,11-12,28H2,1-3H3,(H,29,30). The van der Waals surface area contributed by atoms with E-state index in [1.54, 1.807) is 6.20 Å². The zero-order valence-electron chi connectivity index (χ0n) is 19.5. The van der Waals surface area contributed by atoms with Gasteiger partial charge in [-0.2, -0.15) is 4.98 Å². The van der Waals surface area contributed by atoms with Crippen LogP contribution < -0.4 is 11.1 Å². The van der Waals surface area contributed by atoms with Crippen molar-refractivity contribution in [3.8, 4) is 34.0 Å². The largest absolute Gasteiger partial charge is 0.384 e. The van der Waals surface area contributed by atoms with Gasteiger partial charge >= 0.3 is 0 Å². The normalized spacial score (nSPS) is 12.0. The van der Waals surface area contributed by atoms with Crippen molar-refractivity contribution in [2.24, 2.45) is 5.73 Å². The van der Waals surface area contributed by atoms with Gasteiger partial charge in [-0.15, -0.1) is 0 Å². The zero-order chi connectivity index (χ0) is 23.2. The summed E-state index contributed by atoms with van der Waals surface area (Å²) in [6, 6.07) is 16.5. The molecule has 2 heterocycles. The third-order valence-corrected chi connectivity index (χ3v) is 5.64. The van der Waals surface area contributed by atoms with E-state index in [0.717, 1.165) is 53.7 Å². The number of benzene rings is 2. The van der Waals surface area contributed by atoms with Crippen LogP contribution >= 0.6 is 0 Å². The second kappa shape index (κ2) is 10.4. The lowest BCUT2D eigenvalue weighted by Gasteiger charge is -2.17. The van der Waals surface area contributed by atoms with Gasteiger partial charge in [0.1, 0.15) is 0 Å². The van der Waals surface area contributed by atoms with Crippen LogP contribution in [-0.4, -0.2) is 27.7 Å². The number of nitrogens with zero attached hydrogens (tertiary/aromatic N) is 3. The molecule has 0 aliphatic rings. The Hall–Kier alpha value is -3.51. The van der Waals surface area contributed by atoms with Gasteiger partial charge in [0.15, 0.2) is 0 Å². The molecule has 4 aromatic rings. The first-order valence-corrected chi connectivity index (χ1v) is 11.5. The summed E-state index contributed by atoms with van der Waals surface area (Å²) in [5.41, 5.74) is 13.4. The molecule has 0 aliphatic carbocycles. The summed E-state index contributed by atoms with van der Waals surface area (Å²) >= 11 is 0. The molecule has 0 spiro atoms. The minimum absolute atomic E-state index is 0.172. The Morgan fingerprint density at radius 1 is 0.939 bits per heavy atom. The van der Waals surface area contributed by atoms with Crippen molar-refractivity contribution in [3.63, 3.8) is 0 Å². The van der Waals surface area contributed by atoms with Crippen LogP contribution in [0.4, 0.5) is 5.69 Å². The number of rotatable bonds is 9. The topological polar surface area (TPSA) is 89.9 Å². The molecule has 6 heteroatoms. The van der Waals surface area contributed by atoms with Crippen molar-refractivity contribution in [1.82, 2.24) is 15.1 Å². The molecule has 0 fully saturated rings. The summed E-state index contributed by atoms with van der Waals surface area (Å²) < 4.78 is 5.68. The number of pyridine rings is 1. The first-order chi connectivity index (χ1) is 16.0. The molecule has 2 aromatic heterocycles. The van der Waals surface area contributed by atoms with E-state index in [0.29, 0.717) is 11.7 Å². The Kier molecular flexibility index (Phi) is 7.15. The van der Waals surface area contributed by atoms with Gasteiger partial charge in [-0.1, -0.05) is 78.2 Å². The molecule has 1 unspecified atom stereocenters. The van der Waals surface area contributed by atoms with Crippen LogP contribution in [0, 0.1) is 13.8 Å². The molecule has 0 saturated carbocycles. The molecule has 0 saturated heterocycles. The molecule has 0 aliphatic heterocycles. The summed E-state index contributed by atoms with van der Waals surface area (Å²) in [6.07, 6.45) is 6.64. The highest BCUT2D eigenvalue weighted by atomic mass is 16.5. The highest BCUT2D eigenvalue weighted by molar-refractivity contribution is 5.87. The summed E-state index contributed by atoms with van der Waals surface area (Å²) in [7, 11) is 0. The van der Waals surface area contributed by atoms with Gasteiger partial charge in [-0.25, -0.2) is 0 Å². The Balaban J connectivity index is 1.74. The fourth-order valence-electron chi connectivity index (χ4n) is 4.10. The van der Waals surface area contributed by atoms with Gasteiger partial charge in [0.2, 0.25) is 5.82 Å². The van der Waals surface area contributed by atoms with Gasteiger partial charge in [0.05, 0.1) is 11.3 Å². The average molecular weight is 442 g/mol. The second-order valence-electron chi connectivity index (χ2n) is 8.54. The zero-order valence-corrected chi connectivity index (χ0v) is 19.5. The lowest BCUT2D eigenvalue weighted by Crippen LogP contribution is -2.23. The number of aromatic nitrogens is 3. The highest BCUT2D eigenvalue weighted by Crippen LogP contribution is 2.37. The second-order valence-corrected chi connectivity index (χ2v) is 8.54. The van der Waals surface area contributed by atoms with Crippen LogP contribution in [-0.2, 0) is 0 Å². The van der Waals surface area contributed by atoms with Crippen molar-refractivity contribution in [1.29, 1.82) is 0 Å². The predicted molar refractivity (Wildman–Crippen MR) is 134 cm³/mol. The van der Waals surface area contributed by atoms with Crippen LogP contribution in [0.1, 0.15) is 37.3 Å². The molecule has 170 valence electrons. The third kappa shape index (κ3) is 5.46. The first kappa shape index (κ1) is 22.7.